The van der Waals surface area contributed by atoms with E-state index in [2.05, 4.69) is 15.2 Å². The number of alkyl halides is 3. The lowest BCUT2D eigenvalue weighted by atomic mass is 10.3. The van der Waals surface area contributed by atoms with E-state index in [1.807, 2.05) is 30.3 Å². The maximum absolute atomic E-state index is 12.2. The van der Waals surface area contributed by atoms with Crippen molar-refractivity contribution < 1.29 is 22.7 Å². The van der Waals surface area contributed by atoms with Gasteiger partial charge in [-0.3, -0.25) is 4.79 Å². The molecule has 0 saturated heterocycles. The van der Waals surface area contributed by atoms with Gasteiger partial charge in [0.1, 0.15) is 5.75 Å². The van der Waals surface area contributed by atoms with Crippen LogP contribution in [0.3, 0.4) is 0 Å². The molecule has 2 aromatic carbocycles. The van der Waals surface area contributed by atoms with Crippen molar-refractivity contribution in [3.63, 3.8) is 0 Å². The summed E-state index contributed by atoms with van der Waals surface area (Å²) in [7, 11) is 0. The molecule has 5 nitrogen and oxygen atoms in total. The van der Waals surface area contributed by atoms with Gasteiger partial charge in [-0.05, 0) is 30.3 Å². The third-order valence-electron chi connectivity index (χ3n) is 3.55. The number of hydrogen-bond acceptors (Lipinski definition) is 3. The number of hydrogen-bond donors (Lipinski definition) is 1. The summed E-state index contributed by atoms with van der Waals surface area (Å²) >= 11 is 0. The van der Waals surface area contributed by atoms with Gasteiger partial charge in [0.25, 0.3) is 0 Å². The summed E-state index contributed by atoms with van der Waals surface area (Å²) in [6.07, 6.45) is 1.86. The first kappa shape index (κ1) is 19.2. The minimum absolute atomic E-state index is 0.0169. The molecule has 0 fully saturated rings. The van der Waals surface area contributed by atoms with Gasteiger partial charge in [-0.1, -0.05) is 24.3 Å². The van der Waals surface area contributed by atoms with Crippen LogP contribution < -0.4 is 10.1 Å². The molecular weight excluding hydrogens is 371 g/mol. The minimum Gasteiger partial charge on any atom is -0.484 e. The van der Waals surface area contributed by atoms with E-state index in [9.17, 15) is 18.0 Å². The number of ether oxygens (including phenoxy) is 1. The molecule has 8 heteroatoms. The predicted octanol–water partition coefficient (Wildman–Crippen LogP) is 4.47. The number of aromatic nitrogens is 2. The second kappa shape index (κ2) is 8.43. The lowest BCUT2D eigenvalue weighted by Gasteiger charge is -2.10. The molecule has 0 aliphatic carbocycles. The summed E-state index contributed by atoms with van der Waals surface area (Å²) in [5, 5.41) is 6.80. The van der Waals surface area contributed by atoms with Crippen LogP contribution >= 0.6 is 0 Å². The summed E-state index contributed by atoms with van der Waals surface area (Å²) in [4.78, 5) is 12.0. The molecule has 1 heterocycles. The van der Waals surface area contributed by atoms with Crippen molar-refractivity contribution in [2.24, 2.45) is 0 Å². The molecular formula is C20H16F3N3O2. The Morgan fingerprint density at radius 3 is 2.68 bits per heavy atom. The van der Waals surface area contributed by atoms with E-state index >= 15 is 0 Å². The topological polar surface area (TPSA) is 56.2 Å². The minimum atomic E-state index is -4.42. The molecule has 3 aromatic rings. The Labute approximate surface area is 159 Å². The predicted molar refractivity (Wildman–Crippen MR) is 99.2 cm³/mol. The average molecular weight is 387 g/mol. The first-order chi connectivity index (χ1) is 13.4. The van der Waals surface area contributed by atoms with E-state index in [0.29, 0.717) is 5.69 Å². The van der Waals surface area contributed by atoms with Gasteiger partial charge in [-0.25, -0.2) is 4.68 Å². The molecule has 0 radical (unpaired) electrons. The van der Waals surface area contributed by atoms with Crippen LogP contribution in [0.4, 0.5) is 18.9 Å². The Bertz CT molecular complexity index is 966. The molecule has 0 saturated carbocycles. The van der Waals surface area contributed by atoms with Crippen molar-refractivity contribution in [3.05, 3.63) is 78.6 Å². The van der Waals surface area contributed by atoms with Gasteiger partial charge in [-0.2, -0.15) is 18.3 Å². The molecule has 0 aliphatic rings. The van der Waals surface area contributed by atoms with Gasteiger partial charge in [0.05, 0.1) is 11.9 Å². The normalized spacial score (nSPS) is 11.5. The van der Waals surface area contributed by atoms with Crippen LogP contribution in [0, 0.1) is 0 Å². The summed E-state index contributed by atoms with van der Waals surface area (Å²) in [5.41, 5.74) is 1.94. The average Bonchev–Trinajstić information content (AvgIpc) is 3.14. The molecule has 144 valence electrons. The number of para-hydroxylation sites is 1. The Morgan fingerprint density at radius 2 is 1.93 bits per heavy atom. The maximum atomic E-state index is 12.2. The summed E-state index contributed by atoms with van der Waals surface area (Å²) in [6, 6.07) is 15.3. The van der Waals surface area contributed by atoms with Crippen molar-refractivity contribution in [1.29, 1.82) is 0 Å². The van der Waals surface area contributed by atoms with Crippen LogP contribution in [-0.4, -0.2) is 28.5 Å². The fraction of sp³-hybridized carbons (Fsp3) is 0.100. The largest absolute Gasteiger partial charge is 0.484 e. The fourth-order valence-corrected chi connectivity index (χ4v) is 2.33. The Hall–Kier alpha value is -3.55. The first-order valence-corrected chi connectivity index (χ1v) is 8.28. The lowest BCUT2D eigenvalue weighted by Crippen LogP contribution is -2.19. The molecule has 0 spiro atoms. The van der Waals surface area contributed by atoms with E-state index in [1.54, 1.807) is 29.2 Å². The number of nitrogens with zero attached hydrogens (tertiary/aromatic N) is 2. The number of nitrogens with one attached hydrogen (secondary N) is 1. The summed E-state index contributed by atoms with van der Waals surface area (Å²) in [5.74, 6) is -0.413. The van der Waals surface area contributed by atoms with Crippen LogP contribution in [0.2, 0.25) is 0 Å². The van der Waals surface area contributed by atoms with Crippen molar-refractivity contribution in [1.82, 2.24) is 9.78 Å². The second-order valence-electron chi connectivity index (χ2n) is 5.81. The molecule has 0 atom stereocenters. The van der Waals surface area contributed by atoms with E-state index in [-0.39, 0.29) is 5.75 Å². The van der Waals surface area contributed by atoms with Gasteiger partial charge in [0.15, 0.2) is 6.61 Å². The zero-order chi connectivity index (χ0) is 20.0. The highest BCUT2D eigenvalue weighted by molar-refractivity contribution is 6.01. The Balaban J connectivity index is 1.59. The van der Waals surface area contributed by atoms with Gasteiger partial charge in [0, 0.05) is 29.6 Å². The van der Waals surface area contributed by atoms with Gasteiger partial charge >= 0.3 is 6.18 Å². The number of anilines is 1. The van der Waals surface area contributed by atoms with Gasteiger partial charge in [0.2, 0.25) is 5.91 Å². The lowest BCUT2D eigenvalue weighted by molar-refractivity contribution is -0.153. The van der Waals surface area contributed by atoms with E-state index < -0.39 is 18.7 Å². The van der Waals surface area contributed by atoms with Crippen LogP contribution in [0.1, 0.15) is 5.56 Å². The SMILES string of the molecule is O=C(/C=C/c1cnn(-c2ccccc2)c1)Nc1cccc(OCC(F)(F)F)c1. The van der Waals surface area contributed by atoms with Gasteiger partial charge < -0.3 is 10.1 Å². The Morgan fingerprint density at radius 1 is 1.14 bits per heavy atom. The molecule has 3 rings (SSSR count). The monoisotopic (exact) mass is 387 g/mol. The third kappa shape index (κ3) is 5.73. The number of carbonyl (C=O) groups excluding carboxylic acids is 1. The van der Waals surface area contributed by atoms with Crippen molar-refractivity contribution in [3.8, 4) is 11.4 Å². The number of rotatable bonds is 6. The van der Waals surface area contributed by atoms with Crippen LogP contribution in [-0.2, 0) is 4.79 Å². The maximum Gasteiger partial charge on any atom is 0.422 e. The fourth-order valence-electron chi connectivity index (χ4n) is 2.33. The molecule has 0 aliphatic heterocycles. The highest BCUT2D eigenvalue weighted by atomic mass is 19.4. The number of amides is 1. The third-order valence-corrected chi connectivity index (χ3v) is 3.55. The molecule has 0 unspecified atom stereocenters. The number of benzene rings is 2. The van der Waals surface area contributed by atoms with Crippen LogP contribution in [0.25, 0.3) is 11.8 Å². The van der Waals surface area contributed by atoms with Crippen LogP contribution in [0.15, 0.2) is 73.1 Å². The smallest absolute Gasteiger partial charge is 0.422 e. The molecule has 1 N–H and O–H groups in total. The van der Waals surface area contributed by atoms with E-state index in [4.69, 9.17) is 0 Å². The zero-order valence-corrected chi connectivity index (χ0v) is 14.6. The second-order valence-corrected chi connectivity index (χ2v) is 5.81. The number of carbonyl (C=O) groups is 1. The van der Waals surface area contributed by atoms with E-state index in [0.717, 1.165) is 11.3 Å². The molecule has 1 aromatic heterocycles. The summed E-state index contributed by atoms with van der Waals surface area (Å²) in [6.45, 7) is -1.39. The van der Waals surface area contributed by atoms with E-state index in [1.165, 1.54) is 24.3 Å². The molecule has 1 amide bonds. The van der Waals surface area contributed by atoms with Crippen molar-refractivity contribution in [2.45, 2.75) is 6.18 Å². The highest BCUT2D eigenvalue weighted by Gasteiger charge is 2.28. The first-order valence-electron chi connectivity index (χ1n) is 8.28. The van der Waals surface area contributed by atoms with Crippen LogP contribution in [0.5, 0.6) is 5.75 Å². The number of halogens is 3. The molecule has 0 bridgehead atoms. The highest BCUT2D eigenvalue weighted by Crippen LogP contribution is 2.21. The van der Waals surface area contributed by atoms with Crippen molar-refractivity contribution in [2.75, 3.05) is 11.9 Å². The standard InChI is InChI=1S/C20H16F3N3O2/c21-20(22,23)14-28-18-8-4-5-16(11-18)25-19(27)10-9-15-12-24-26(13-15)17-6-2-1-3-7-17/h1-13H,14H2,(H,25,27)/b10-9+. The van der Waals surface area contributed by atoms with Gasteiger partial charge in [-0.15, -0.1) is 0 Å². The molecule has 28 heavy (non-hydrogen) atoms. The quantitative estimate of drug-likeness (QED) is 0.635. The zero-order valence-electron chi connectivity index (χ0n) is 14.6. The summed E-state index contributed by atoms with van der Waals surface area (Å²) < 4.78 is 43.0. The Kier molecular flexibility index (Phi) is 5.78. The van der Waals surface area contributed by atoms with Crippen molar-refractivity contribution >= 4 is 17.7 Å².